The average Bonchev–Trinajstić information content (AvgIpc) is 2.94. The Kier molecular flexibility index (Phi) is 8.10. The van der Waals surface area contributed by atoms with Crippen molar-refractivity contribution in [1.29, 1.82) is 0 Å². The second-order valence-corrected chi connectivity index (χ2v) is 10.6. The summed E-state index contributed by atoms with van der Waals surface area (Å²) in [5.74, 6) is -0.803. The van der Waals surface area contributed by atoms with Crippen LogP contribution in [0.2, 0.25) is 0 Å². The number of primary amides is 1. The van der Waals surface area contributed by atoms with Crippen LogP contribution < -0.4 is 15.4 Å². The fraction of sp³-hybridized carbons (Fsp3) is 0.519. The van der Waals surface area contributed by atoms with Gasteiger partial charge in [0, 0.05) is 25.2 Å². The van der Waals surface area contributed by atoms with Gasteiger partial charge in [-0.3, -0.25) is 4.79 Å². The first kappa shape index (κ1) is 28.7. The van der Waals surface area contributed by atoms with Gasteiger partial charge in [0.2, 0.25) is 5.91 Å². The first-order valence-corrected chi connectivity index (χ1v) is 12.0. The zero-order valence-corrected chi connectivity index (χ0v) is 21.3. The van der Waals surface area contributed by atoms with E-state index in [0.29, 0.717) is 37.9 Å². The molecule has 0 fully saturated rings. The summed E-state index contributed by atoms with van der Waals surface area (Å²) < 4.78 is 81.9. The van der Waals surface area contributed by atoms with Crippen LogP contribution in [-0.4, -0.2) is 30.9 Å². The van der Waals surface area contributed by atoms with E-state index >= 15 is 0 Å². The summed E-state index contributed by atoms with van der Waals surface area (Å²) in [5, 5.41) is 0. The van der Waals surface area contributed by atoms with Gasteiger partial charge in [0.15, 0.2) is 0 Å². The number of carbonyl (C=O) groups is 1. The van der Waals surface area contributed by atoms with Crippen molar-refractivity contribution >= 4 is 11.6 Å². The number of aryl methyl sites for hydroxylation is 3. The lowest BCUT2D eigenvalue weighted by Gasteiger charge is -2.28. The molecule has 4 nitrogen and oxygen atoms in total. The second-order valence-electron chi connectivity index (χ2n) is 10.6. The van der Waals surface area contributed by atoms with E-state index in [2.05, 4.69) is 21.8 Å². The summed E-state index contributed by atoms with van der Waals surface area (Å²) in [6.45, 7) is 9.16. The molecule has 0 saturated carbocycles. The Bertz CT molecular complexity index is 1100. The van der Waals surface area contributed by atoms with Crippen molar-refractivity contribution in [1.82, 2.24) is 0 Å². The van der Waals surface area contributed by atoms with Gasteiger partial charge in [-0.1, -0.05) is 19.9 Å². The molecule has 1 amide bonds. The molecule has 0 aliphatic carbocycles. The van der Waals surface area contributed by atoms with E-state index < -0.39 is 24.2 Å². The molecule has 2 aromatic rings. The number of hydrogen-bond acceptors (Lipinski definition) is 3. The van der Waals surface area contributed by atoms with Gasteiger partial charge in [-0.25, -0.2) is 0 Å². The number of hydrogen-bond donors (Lipinski definition) is 1. The minimum absolute atomic E-state index is 0.273. The summed E-state index contributed by atoms with van der Waals surface area (Å²) in [5.41, 5.74) is 10.9. The molecular formula is C27H32F6N2O2. The summed E-state index contributed by atoms with van der Waals surface area (Å²) in [4.78, 5) is 13.6. The molecule has 3 rings (SSSR count). The molecule has 1 aliphatic rings. The van der Waals surface area contributed by atoms with Gasteiger partial charge >= 0.3 is 12.4 Å². The van der Waals surface area contributed by atoms with Crippen molar-refractivity contribution in [3.63, 3.8) is 0 Å². The number of carbonyl (C=O) groups excluding carboxylic acids is 1. The molecule has 37 heavy (non-hydrogen) atoms. The van der Waals surface area contributed by atoms with Crippen molar-refractivity contribution in [2.75, 3.05) is 11.4 Å². The van der Waals surface area contributed by atoms with Crippen LogP contribution >= 0.6 is 0 Å². The van der Waals surface area contributed by atoms with Crippen LogP contribution in [0, 0.1) is 19.3 Å². The number of nitrogens with two attached hydrogens (primary N) is 1. The van der Waals surface area contributed by atoms with Crippen LogP contribution in [0.3, 0.4) is 0 Å². The van der Waals surface area contributed by atoms with Crippen molar-refractivity contribution in [3.05, 3.63) is 58.1 Å². The predicted molar refractivity (Wildman–Crippen MR) is 130 cm³/mol. The van der Waals surface area contributed by atoms with E-state index in [1.807, 2.05) is 27.7 Å². The van der Waals surface area contributed by atoms with Crippen molar-refractivity contribution in [2.24, 2.45) is 11.1 Å². The third-order valence-electron chi connectivity index (χ3n) is 6.62. The Morgan fingerprint density at radius 3 is 2.14 bits per heavy atom. The molecule has 10 heteroatoms. The lowest BCUT2D eigenvalue weighted by Crippen LogP contribution is -2.46. The fourth-order valence-corrected chi connectivity index (χ4v) is 4.93. The molecule has 0 atom stereocenters. The van der Waals surface area contributed by atoms with Crippen molar-refractivity contribution < 1.29 is 35.9 Å². The molecule has 0 spiro atoms. The molecule has 2 aromatic carbocycles. The summed E-state index contributed by atoms with van der Waals surface area (Å²) >= 11 is 0. The maximum absolute atomic E-state index is 12.9. The SMILES string of the molecule is Cc1cc(N2CCCc3cc(OC(C(F)(F)F)C(F)(F)F)ccc3C2)cc(C)c1CC(C)(C)CC(N)=O. The first-order valence-electron chi connectivity index (χ1n) is 12.0. The zero-order chi connectivity index (χ0) is 27.8. The largest absolute Gasteiger partial charge is 0.471 e. The van der Waals surface area contributed by atoms with E-state index in [1.54, 1.807) is 0 Å². The quantitative estimate of drug-likeness (QED) is 0.412. The number of ether oxygens (including phenoxy) is 1. The van der Waals surface area contributed by atoms with E-state index in [0.717, 1.165) is 34.0 Å². The lowest BCUT2D eigenvalue weighted by molar-refractivity contribution is -0.299. The molecule has 0 bridgehead atoms. The van der Waals surface area contributed by atoms with Gasteiger partial charge in [0.1, 0.15) is 5.75 Å². The molecule has 0 saturated heterocycles. The zero-order valence-electron chi connectivity index (χ0n) is 21.3. The number of benzene rings is 2. The highest BCUT2D eigenvalue weighted by Gasteiger charge is 2.59. The van der Waals surface area contributed by atoms with Gasteiger partial charge in [0.25, 0.3) is 6.10 Å². The summed E-state index contributed by atoms with van der Waals surface area (Å²) in [6, 6.07) is 8.12. The number of halogens is 6. The van der Waals surface area contributed by atoms with Crippen LogP contribution in [0.15, 0.2) is 30.3 Å². The Balaban J connectivity index is 1.82. The molecule has 204 valence electrons. The topological polar surface area (TPSA) is 55.6 Å². The fourth-order valence-electron chi connectivity index (χ4n) is 4.93. The van der Waals surface area contributed by atoms with E-state index in [9.17, 15) is 31.1 Å². The molecule has 0 aromatic heterocycles. The molecule has 1 aliphatic heterocycles. The smallest absolute Gasteiger partial charge is 0.434 e. The minimum atomic E-state index is -5.57. The van der Waals surface area contributed by atoms with E-state index in [1.165, 1.54) is 12.1 Å². The molecule has 0 unspecified atom stereocenters. The first-order chi connectivity index (χ1) is 17.0. The van der Waals surface area contributed by atoms with Crippen LogP contribution in [0.5, 0.6) is 5.75 Å². The molecule has 1 heterocycles. The monoisotopic (exact) mass is 530 g/mol. The van der Waals surface area contributed by atoms with Crippen LogP contribution in [0.1, 0.15) is 54.5 Å². The van der Waals surface area contributed by atoms with Gasteiger partial charge in [0.05, 0.1) is 0 Å². The average molecular weight is 531 g/mol. The highest BCUT2D eigenvalue weighted by Crippen LogP contribution is 2.38. The van der Waals surface area contributed by atoms with Crippen molar-refractivity contribution in [2.45, 2.75) is 78.4 Å². The maximum Gasteiger partial charge on any atom is 0.434 e. The van der Waals surface area contributed by atoms with E-state index in [4.69, 9.17) is 5.73 Å². The Hall–Kier alpha value is -2.91. The second kappa shape index (κ2) is 10.5. The Labute approximate surface area is 212 Å². The van der Waals surface area contributed by atoms with Gasteiger partial charge < -0.3 is 15.4 Å². The Morgan fingerprint density at radius 2 is 1.59 bits per heavy atom. The third kappa shape index (κ3) is 7.32. The lowest BCUT2D eigenvalue weighted by atomic mass is 9.80. The van der Waals surface area contributed by atoms with Crippen LogP contribution in [0.4, 0.5) is 32.0 Å². The number of rotatable bonds is 7. The number of alkyl halides is 6. The van der Waals surface area contributed by atoms with Crippen molar-refractivity contribution in [3.8, 4) is 5.75 Å². The van der Waals surface area contributed by atoms with Gasteiger partial charge in [-0.15, -0.1) is 0 Å². The Morgan fingerprint density at radius 1 is 1.00 bits per heavy atom. The molecule has 2 N–H and O–H groups in total. The highest BCUT2D eigenvalue weighted by atomic mass is 19.4. The van der Waals surface area contributed by atoms with E-state index in [-0.39, 0.29) is 17.7 Å². The summed E-state index contributed by atoms with van der Waals surface area (Å²) in [6.07, 6.45) is -12.9. The highest BCUT2D eigenvalue weighted by molar-refractivity contribution is 5.74. The third-order valence-corrected chi connectivity index (χ3v) is 6.62. The van der Waals surface area contributed by atoms with Gasteiger partial charge in [-0.2, -0.15) is 26.3 Å². The predicted octanol–water partition coefficient (Wildman–Crippen LogP) is 6.57. The summed E-state index contributed by atoms with van der Waals surface area (Å²) in [7, 11) is 0. The van der Waals surface area contributed by atoms with Crippen LogP contribution in [0.25, 0.3) is 0 Å². The number of anilines is 1. The van der Waals surface area contributed by atoms with Crippen LogP contribution in [-0.2, 0) is 24.2 Å². The maximum atomic E-state index is 12.9. The molecule has 0 radical (unpaired) electrons. The molecular weight excluding hydrogens is 498 g/mol. The number of nitrogens with zero attached hydrogens (tertiary/aromatic N) is 1. The number of fused-ring (bicyclic) bond motifs is 1. The number of amides is 1. The normalized spacial score (nSPS) is 14.9. The minimum Gasteiger partial charge on any atom is -0.471 e. The van der Waals surface area contributed by atoms with Gasteiger partial charge in [-0.05, 0) is 90.6 Å². The standard InChI is InChI=1S/C27H32F6N2O2/c1-16-10-20(11-17(2)22(16)13-25(3,4)14-23(34)36)35-9-5-6-18-12-21(8-7-19(18)15-35)37-24(26(28,29)30)27(31,32)33/h7-8,10-12,24H,5-6,9,13-15H2,1-4H3,(H2,34,36).